The zero-order valence-electron chi connectivity index (χ0n) is 12.3. The van der Waals surface area contributed by atoms with Crippen LogP contribution < -0.4 is 10.2 Å². The van der Waals surface area contributed by atoms with E-state index < -0.39 is 0 Å². The predicted molar refractivity (Wildman–Crippen MR) is 106 cm³/mol. The minimum Gasteiger partial charge on any atom is -0.339 e. The summed E-state index contributed by atoms with van der Waals surface area (Å²) >= 11 is 9.91. The Morgan fingerprint density at radius 2 is 2.09 bits per heavy atom. The number of rotatable bonds is 1. The summed E-state index contributed by atoms with van der Waals surface area (Å²) in [6.07, 6.45) is 2.30. The van der Waals surface area contributed by atoms with E-state index in [2.05, 4.69) is 76.2 Å². The largest absolute Gasteiger partial charge is 0.339 e. The quantitative estimate of drug-likeness (QED) is 0.441. The standard InChI is InChI=1S/C15H17Br2IN4/c1-8-7-21(6-4-19-8)15-20-13-12(18)11(17)10(16)9-3-2-5-22(15)14(9)13/h8,19H,2-7H2,1H3/t8-/m0/s1. The summed E-state index contributed by atoms with van der Waals surface area (Å²) in [4.78, 5) is 7.49. The van der Waals surface area contributed by atoms with Crippen LogP contribution in [0, 0.1) is 3.57 Å². The third kappa shape index (κ3) is 2.34. The van der Waals surface area contributed by atoms with E-state index >= 15 is 0 Å². The zero-order valence-corrected chi connectivity index (χ0v) is 17.6. The minimum absolute atomic E-state index is 0.516. The Morgan fingerprint density at radius 1 is 1.27 bits per heavy atom. The Kier molecular flexibility index (Phi) is 4.19. The van der Waals surface area contributed by atoms with Gasteiger partial charge in [-0.1, -0.05) is 0 Å². The number of aryl methyl sites for hydroxylation is 2. The maximum absolute atomic E-state index is 5.05. The Labute approximate surface area is 160 Å². The fourth-order valence-corrected chi connectivity index (χ4v) is 5.57. The molecule has 4 rings (SSSR count). The van der Waals surface area contributed by atoms with Gasteiger partial charge in [-0.2, -0.15) is 0 Å². The van der Waals surface area contributed by atoms with Gasteiger partial charge in [0.2, 0.25) is 5.95 Å². The van der Waals surface area contributed by atoms with Crippen molar-refractivity contribution in [2.24, 2.45) is 0 Å². The Bertz CT molecular complexity index is 758. The number of halogens is 3. The van der Waals surface area contributed by atoms with Crippen molar-refractivity contribution in [3.8, 4) is 0 Å². The summed E-state index contributed by atoms with van der Waals surface area (Å²) < 4.78 is 5.98. The highest BCUT2D eigenvalue weighted by Crippen LogP contribution is 2.42. The second kappa shape index (κ2) is 5.89. The van der Waals surface area contributed by atoms with Crippen LogP contribution in [0.2, 0.25) is 0 Å². The van der Waals surface area contributed by atoms with Crippen molar-refractivity contribution in [1.29, 1.82) is 0 Å². The number of nitrogens with zero attached hydrogens (tertiary/aromatic N) is 3. The number of nitrogens with one attached hydrogen (secondary N) is 1. The summed E-state index contributed by atoms with van der Waals surface area (Å²) in [6.45, 7) is 6.40. The second-order valence-electron chi connectivity index (χ2n) is 6.09. The summed E-state index contributed by atoms with van der Waals surface area (Å²) in [5, 5.41) is 3.51. The van der Waals surface area contributed by atoms with E-state index in [0.717, 1.165) is 48.5 Å². The first-order valence-corrected chi connectivity index (χ1v) is 10.3. The Morgan fingerprint density at radius 3 is 2.86 bits per heavy atom. The minimum atomic E-state index is 0.516. The molecule has 2 aromatic rings. The second-order valence-corrected chi connectivity index (χ2v) is 8.75. The van der Waals surface area contributed by atoms with Crippen LogP contribution >= 0.6 is 54.5 Å². The summed E-state index contributed by atoms with van der Waals surface area (Å²) in [7, 11) is 0. The topological polar surface area (TPSA) is 33.1 Å². The molecule has 2 aliphatic rings. The van der Waals surface area contributed by atoms with Crippen LogP contribution in [0.3, 0.4) is 0 Å². The SMILES string of the molecule is C[C@H]1CN(c2nc3c(I)c(Br)c(Br)c4c3n2CCC4)CCN1. The summed E-state index contributed by atoms with van der Waals surface area (Å²) in [5.41, 5.74) is 3.87. The lowest BCUT2D eigenvalue weighted by molar-refractivity contribution is 0.472. The molecule has 1 aromatic carbocycles. The smallest absolute Gasteiger partial charge is 0.206 e. The van der Waals surface area contributed by atoms with Crippen LogP contribution in [0.5, 0.6) is 0 Å². The molecule has 3 heterocycles. The molecule has 22 heavy (non-hydrogen) atoms. The van der Waals surface area contributed by atoms with Crippen LogP contribution in [0.4, 0.5) is 5.95 Å². The van der Waals surface area contributed by atoms with Crippen LogP contribution in [-0.4, -0.2) is 35.2 Å². The number of hydrogen-bond acceptors (Lipinski definition) is 3. The van der Waals surface area contributed by atoms with Crippen LogP contribution in [0.25, 0.3) is 11.0 Å². The van der Waals surface area contributed by atoms with E-state index in [9.17, 15) is 0 Å². The molecular weight excluding hydrogens is 523 g/mol. The van der Waals surface area contributed by atoms with Gasteiger partial charge in [0.1, 0.15) is 5.52 Å². The van der Waals surface area contributed by atoms with Gasteiger partial charge in [-0.3, -0.25) is 0 Å². The van der Waals surface area contributed by atoms with Gasteiger partial charge in [0.05, 0.1) is 9.09 Å². The Hall–Kier alpha value is 0.140. The molecule has 1 atom stereocenters. The number of hydrogen-bond donors (Lipinski definition) is 1. The van der Waals surface area contributed by atoms with Crippen molar-refractivity contribution in [2.45, 2.75) is 32.4 Å². The third-order valence-electron chi connectivity index (χ3n) is 4.55. The van der Waals surface area contributed by atoms with E-state index in [0.29, 0.717) is 6.04 Å². The van der Waals surface area contributed by atoms with Crippen LogP contribution in [-0.2, 0) is 13.0 Å². The average molecular weight is 540 g/mol. The van der Waals surface area contributed by atoms with Gasteiger partial charge in [0.15, 0.2) is 0 Å². The first-order chi connectivity index (χ1) is 10.6. The maximum atomic E-state index is 5.05. The van der Waals surface area contributed by atoms with E-state index in [-0.39, 0.29) is 0 Å². The average Bonchev–Trinajstić information content (AvgIpc) is 2.91. The molecule has 4 nitrogen and oxygen atoms in total. The molecule has 0 aliphatic carbocycles. The van der Waals surface area contributed by atoms with Crippen molar-refractivity contribution >= 4 is 71.4 Å². The monoisotopic (exact) mass is 538 g/mol. The van der Waals surface area contributed by atoms with E-state index in [1.807, 2.05) is 0 Å². The lowest BCUT2D eigenvalue weighted by Gasteiger charge is -2.33. The number of piperazine rings is 1. The number of aromatic nitrogens is 2. The van der Waals surface area contributed by atoms with Gasteiger partial charge < -0.3 is 14.8 Å². The lowest BCUT2D eigenvalue weighted by atomic mass is 10.0. The molecule has 118 valence electrons. The highest BCUT2D eigenvalue weighted by Gasteiger charge is 2.28. The summed E-state index contributed by atoms with van der Waals surface area (Å²) in [6, 6.07) is 0.516. The molecule has 1 N–H and O–H groups in total. The molecule has 0 saturated carbocycles. The van der Waals surface area contributed by atoms with Crippen molar-refractivity contribution in [2.75, 3.05) is 24.5 Å². The third-order valence-corrected chi connectivity index (χ3v) is 8.54. The Balaban J connectivity index is 1.95. The fraction of sp³-hybridized carbons (Fsp3) is 0.533. The number of anilines is 1. The van der Waals surface area contributed by atoms with Crippen LogP contribution in [0.15, 0.2) is 8.95 Å². The first-order valence-electron chi connectivity index (χ1n) is 7.62. The number of benzene rings is 1. The molecule has 0 spiro atoms. The summed E-state index contributed by atoms with van der Waals surface area (Å²) in [5.74, 6) is 1.15. The van der Waals surface area contributed by atoms with Crippen molar-refractivity contribution in [3.63, 3.8) is 0 Å². The molecule has 2 aliphatic heterocycles. The van der Waals surface area contributed by atoms with E-state index in [1.165, 1.54) is 25.5 Å². The molecule has 1 fully saturated rings. The molecule has 7 heteroatoms. The molecule has 0 bridgehead atoms. The van der Waals surface area contributed by atoms with Gasteiger partial charge in [-0.15, -0.1) is 0 Å². The van der Waals surface area contributed by atoms with Gasteiger partial charge in [-0.25, -0.2) is 4.98 Å². The van der Waals surface area contributed by atoms with Gasteiger partial charge in [0.25, 0.3) is 0 Å². The molecular formula is C15H17Br2IN4. The van der Waals surface area contributed by atoms with Crippen LogP contribution in [0.1, 0.15) is 18.9 Å². The van der Waals surface area contributed by atoms with Gasteiger partial charge in [-0.05, 0) is 79.8 Å². The maximum Gasteiger partial charge on any atom is 0.206 e. The predicted octanol–water partition coefficient (Wildman–Crippen LogP) is 3.91. The van der Waals surface area contributed by atoms with Gasteiger partial charge >= 0.3 is 0 Å². The lowest BCUT2D eigenvalue weighted by Crippen LogP contribution is -2.50. The number of imidazole rings is 1. The molecule has 0 amide bonds. The first kappa shape index (κ1) is 15.7. The van der Waals surface area contributed by atoms with Crippen molar-refractivity contribution in [1.82, 2.24) is 14.9 Å². The fourth-order valence-electron chi connectivity index (χ4n) is 3.55. The van der Waals surface area contributed by atoms with E-state index in [4.69, 9.17) is 4.98 Å². The zero-order chi connectivity index (χ0) is 15.4. The van der Waals surface area contributed by atoms with Gasteiger partial charge in [0, 0.05) is 41.2 Å². The normalized spacial score (nSPS) is 21.6. The molecule has 0 radical (unpaired) electrons. The molecule has 1 aromatic heterocycles. The van der Waals surface area contributed by atoms with Crippen molar-refractivity contribution in [3.05, 3.63) is 18.1 Å². The highest BCUT2D eigenvalue weighted by molar-refractivity contribution is 14.1. The van der Waals surface area contributed by atoms with Crippen molar-refractivity contribution < 1.29 is 0 Å². The molecule has 0 unspecified atom stereocenters. The molecule has 1 saturated heterocycles. The van der Waals surface area contributed by atoms with E-state index in [1.54, 1.807) is 0 Å². The highest BCUT2D eigenvalue weighted by atomic mass is 127.